The Labute approximate surface area is 190 Å². The van der Waals surface area contributed by atoms with Crippen molar-refractivity contribution < 1.29 is 4.43 Å². The maximum atomic E-state index is 6.93. The van der Waals surface area contributed by atoms with Gasteiger partial charge in [-0.1, -0.05) is 112 Å². The van der Waals surface area contributed by atoms with E-state index in [1.165, 1.54) is 21.5 Å². The first-order valence-corrected chi connectivity index (χ1v) is 13.4. The van der Waals surface area contributed by atoms with Crippen LogP contribution in [0.2, 0.25) is 5.04 Å². The number of rotatable bonds is 10. The van der Waals surface area contributed by atoms with Gasteiger partial charge < -0.3 is 4.43 Å². The zero-order valence-electron chi connectivity index (χ0n) is 19.2. The molecular formula is C27H37ClOSi. The van der Waals surface area contributed by atoms with Crippen molar-refractivity contribution in [1.29, 1.82) is 0 Å². The molecule has 0 aliphatic rings. The van der Waals surface area contributed by atoms with Crippen LogP contribution in [0.15, 0.2) is 84.0 Å². The van der Waals surface area contributed by atoms with Crippen LogP contribution in [0.4, 0.5) is 0 Å². The number of hydrogen-bond acceptors (Lipinski definition) is 1. The molecule has 0 spiro atoms. The Balaban J connectivity index is 2.28. The van der Waals surface area contributed by atoms with E-state index in [9.17, 15) is 0 Å². The van der Waals surface area contributed by atoms with Crippen LogP contribution < -0.4 is 10.4 Å². The van der Waals surface area contributed by atoms with Crippen LogP contribution in [0, 0.1) is 0 Å². The molecule has 2 aromatic rings. The largest absolute Gasteiger partial charge is 0.404 e. The minimum absolute atomic E-state index is 0.0105. The van der Waals surface area contributed by atoms with E-state index in [4.69, 9.17) is 16.0 Å². The van der Waals surface area contributed by atoms with Gasteiger partial charge in [-0.05, 0) is 41.6 Å². The molecule has 0 fully saturated rings. The molecule has 0 saturated heterocycles. The molecular weight excluding hydrogens is 404 g/mol. The fraction of sp³-hybridized carbons (Fsp3) is 0.407. The molecule has 162 valence electrons. The van der Waals surface area contributed by atoms with Gasteiger partial charge in [-0.25, -0.2) is 0 Å². The summed E-state index contributed by atoms with van der Waals surface area (Å²) in [6, 6.07) is 21.6. The Bertz CT molecular complexity index is 773. The number of alkyl halides is 1. The Morgan fingerprint density at radius 1 is 0.933 bits per heavy atom. The van der Waals surface area contributed by atoms with Crippen molar-refractivity contribution in [3.05, 3.63) is 84.0 Å². The summed E-state index contributed by atoms with van der Waals surface area (Å²) in [5.41, 5.74) is 2.70. The van der Waals surface area contributed by atoms with Crippen molar-refractivity contribution in [3.8, 4) is 0 Å². The predicted molar refractivity (Wildman–Crippen MR) is 136 cm³/mol. The third kappa shape index (κ3) is 6.20. The van der Waals surface area contributed by atoms with E-state index in [-0.39, 0.29) is 5.04 Å². The van der Waals surface area contributed by atoms with Gasteiger partial charge in [-0.2, -0.15) is 0 Å². The highest BCUT2D eigenvalue weighted by molar-refractivity contribution is 6.99. The number of benzene rings is 2. The zero-order valence-corrected chi connectivity index (χ0v) is 21.0. The highest BCUT2D eigenvalue weighted by atomic mass is 35.5. The molecule has 3 heteroatoms. The van der Waals surface area contributed by atoms with Gasteiger partial charge in [0.05, 0.1) is 6.61 Å². The third-order valence-electron chi connectivity index (χ3n) is 5.75. The van der Waals surface area contributed by atoms with Gasteiger partial charge in [-0.3, -0.25) is 0 Å². The maximum Gasteiger partial charge on any atom is 0.261 e. The molecule has 0 saturated carbocycles. The summed E-state index contributed by atoms with van der Waals surface area (Å²) >= 11 is 5.98. The quantitative estimate of drug-likeness (QED) is 0.222. The monoisotopic (exact) mass is 440 g/mol. The fourth-order valence-corrected chi connectivity index (χ4v) is 8.76. The molecule has 0 radical (unpaired) electrons. The van der Waals surface area contributed by atoms with Crippen LogP contribution in [0.25, 0.3) is 0 Å². The lowest BCUT2D eigenvalue weighted by atomic mass is 10.1. The van der Waals surface area contributed by atoms with Crippen molar-refractivity contribution in [3.63, 3.8) is 0 Å². The summed E-state index contributed by atoms with van der Waals surface area (Å²) < 4.78 is 6.93. The van der Waals surface area contributed by atoms with Crippen molar-refractivity contribution >= 4 is 30.3 Å². The summed E-state index contributed by atoms with van der Waals surface area (Å²) in [6.07, 6.45) is 7.66. The zero-order chi connectivity index (χ0) is 22.0. The smallest absolute Gasteiger partial charge is 0.261 e. The van der Waals surface area contributed by atoms with Crippen molar-refractivity contribution in [2.24, 2.45) is 0 Å². The molecule has 0 unspecified atom stereocenters. The lowest BCUT2D eigenvalue weighted by Crippen LogP contribution is -2.66. The average Bonchev–Trinajstić information content (AvgIpc) is 2.75. The molecule has 2 rings (SSSR count). The maximum absolute atomic E-state index is 6.93. The predicted octanol–water partition coefficient (Wildman–Crippen LogP) is 6.86. The molecule has 0 amide bonds. The summed E-state index contributed by atoms with van der Waals surface area (Å²) in [5.74, 6) is 0.635. The van der Waals surface area contributed by atoms with Gasteiger partial charge in [0.2, 0.25) is 0 Å². The normalized spacial score (nSPS) is 13.5. The van der Waals surface area contributed by atoms with Crippen LogP contribution in [0.1, 0.15) is 53.9 Å². The second-order valence-electron chi connectivity index (χ2n) is 8.91. The van der Waals surface area contributed by atoms with Crippen LogP contribution >= 0.6 is 11.6 Å². The van der Waals surface area contributed by atoms with Gasteiger partial charge in [-0.15, -0.1) is 11.6 Å². The van der Waals surface area contributed by atoms with Gasteiger partial charge in [0.25, 0.3) is 8.32 Å². The summed E-state index contributed by atoms with van der Waals surface area (Å²) in [5, 5.41) is 2.66. The highest BCUT2D eigenvalue weighted by Gasteiger charge is 2.49. The van der Waals surface area contributed by atoms with E-state index in [0.717, 1.165) is 19.3 Å². The number of hydrogen-bond donors (Lipinski definition) is 0. The standard InChI is InChI=1S/C27H37ClOSi/c1-6-24(22-28)15-13-14-23(2)20-21-29-30(27(3,4)5,25-16-9-7-10-17-25)26-18-11-8-12-19-26/h7-12,15-20H,6,13-14,21-22H2,1-5H3/b23-20+,24-15+. The molecule has 0 aliphatic heterocycles. The molecule has 1 nitrogen and oxygen atoms in total. The van der Waals surface area contributed by atoms with E-state index < -0.39 is 8.32 Å². The van der Waals surface area contributed by atoms with E-state index in [0.29, 0.717) is 12.5 Å². The van der Waals surface area contributed by atoms with E-state index in [2.05, 4.69) is 107 Å². The van der Waals surface area contributed by atoms with Gasteiger partial charge in [0.15, 0.2) is 0 Å². The topological polar surface area (TPSA) is 9.23 Å². The first-order valence-electron chi connectivity index (χ1n) is 11.0. The molecule has 0 aromatic heterocycles. The minimum Gasteiger partial charge on any atom is -0.404 e. The van der Waals surface area contributed by atoms with Crippen molar-refractivity contribution in [2.45, 2.75) is 58.9 Å². The second-order valence-corrected chi connectivity index (χ2v) is 13.5. The van der Waals surface area contributed by atoms with Crippen molar-refractivity contribution in [1.82, 2.24) is 0 Å². The number of halogens is 1. The molecule has 30 heavy (non-hydrogen) atoms. The van der Waals surface area contributed by atoms with Gasteiger partial charge in [0.1, 0.15) is 0 Å². The first-order chi connectivity index (χ1) is 14.3. The highest BCUT2D eigenvalue weighted by Crippen LogP contribution is 2.36. The summed E-state index contributed by atoms with van der Waals surface area (Å²) in [6.45, 7) is 12.0. The fourth-order valence-electron chi connectivity index (χ4n) is 3.97. The Morgan fingerprint density at radius 3 is 1.90 bits per heavy atom. The van der Waals surface area contributed by atoms with Crippen LogP contribution in [0.3, 0.4) is 0 Å². The molecule has 0 bridgehead atoms. The first kappa shape index (κ1) is 24.7. The average molecular weight is 441 g/mol. The summed E-state index contributed by atoms with van der Waals surface area (Å²) in [4.78, 5) is 0. The van der Waals surface area contributed by atoms with E-state index in [1.807, 2.05) is 0 Å². The molecule has 0 heterocycles. The van der Waals surface area contributed by atoms with E-state index >= 15 is 0 Å². The van der Waals surface area contributed by atoms with Gasteiger partial charge in [0, 0.05) is 5.88 Å². The molecule has 0 N–H and O–H groups in total. The molecule has 0 aliphatic carbocycles. The lowest BCUT2D eigenvalue weighted by Gasteiger charge is -2.42. The van der Waals surface area contributed by atoms with Crippen LogP contribution in [-0.4, -0.2) is 20.8 Å². The van der Waals surface area contributed by atoms with Crippen LogP contribution in [0.5, 0.6) is 0 Å². The van der Waals surface area contributed by atoms with Crippen LogP contribution in [-0.2, 0) is 4.43 Å². The van der Waals surface area contributed by atoms with Crippen molar-refractivity contribution in [2.75, 3.05) is 12.5 Å². The number of allylic oxidation sites excluding steroid dienone is 3. The van der Waals surface area contributed by atoms with E-state index in [1.54, 1.807) is 0 Å². The SMILES string of the molecule is CC/C(=C\CC/C(C)=C/CO[Si](c1ccccc1)(c1ccccc1)C(C)(C)C)CCl. The Hall–Kier alpha value is -1.61. The summed E-state index contributed by atoms with van der Waals surface area (Å²) in [7, 11) is -2.45. The van der Waals surface area contributed by atoms with Gasteiger partial charge >= 0.3 is 0 Å². The Kier molecular flexibility index (Phi) is 9.61. The minimum atomic E-state index is -2.45. The lowest BCUT2D eigenvalue weighted by molar-refractivity contribution is 0.338. The second kappa shape index (κ2) is 11.7. The molecule has 0 atom stereocenters. The molecule has 2 aromatic carbocycles. The Morgan fingerprint density at radius 2 is 1.47 bits per heavy atom. The third-order valence-corrected chi connectivity index (χ3v) is 11.1.